The molecular formula is C12H19NO. The normalized spacial score (nSPS) is 12.5. The van der Waals surface area contributed by atoms with Gasteiger partial charge < -0.3 is 10.5 Å². The Morgan fingerprint density at radius 1 is 1.43 bits per heavy atom. The number of nitrogens with two attached hydrogens (primary N) is 1. The number of aryl methyl sites for hydroxylation is 1. The molecule has 2 heteroatoms. The summed E-state index contributed by atoms with van der Waals surface area (Å²) in [6, 6.07) is 5.88. The van der Waals surface area contributed by atoms with E-state index in [1.165, 1.54) is 0 Å². The van der Waals surface area contributed by atoms with Gasteiger partial charge in [-0.3, -0.25) is 0 Å². The lowest BCUT2D eigenvalue weighted by molar-refractivity contribution is 0.258. The predicted octanol–water partition coefficient (Wildman–Crippen LogP) is 3.00. The van der Waals surface area contributed by atoms with Crippen LogP contribution in [0.15, 0.2) is 18.2 Å². The van der Waals surface area contributed by atoms with Gasteiger partial charge in [-0.2, -0.15) is 0 Å². The lowest BCUT2D eigenvalue weighted by atomic mass is 10.1. The zero-order valence-electron chi connectivity index (χ0n) is 9.21. The van der Waals surface area contributed by atoms with Crippen molar-refractivity contribution < 1.29 is 4.74 Å². The molecule has 0 aromatic heterocycles. The molecule has 2 N–H and O–H groups in total. The first-order valence-electron chi connectivity index (χ1n) is 5.13. The second-order valence-corrected chi connectivity index (χ2v) is 3.81. The highest BCUT2D eigenvalue weighted by Gasteiger charge is 2.04. The maximum Gasteiger partial charge on any atom is 0.142 e. The van der Waals surface area contributed by atoms with Crippen molar-refractivity contribution in [3.63, 3.8) is 0 Å². The molecule has 78 valence electrons. The molecular weight excluding hydrogens is 174 g/mol. The van der Waals surface area contributed by atoms with Gasteiger partial charge in [0.25, 0.3) is 0 Å². The smallest absolute Gasteiger partial charge is 0.142 e. The Kier molecular flexibility index (Phi) is 3.81. The Morgan fingerprint density at radius 3 is 2.79 bits per heavy atom. The van der Waals surface area contributed by atoms with Crippen LogP contribution in [-0.2, 0) is 0 Å². The monoisotopic (exact) mass is 193 g/mol. The van der Waals surface area contributed by atoms with E-state index >= 15 is 0 Å². The van der Waals surface area contributed by atoms with Gasteiger partial charge in [0.1, 0.15) is 5.75 Å². The van der Waals surface area contributed by atoms with Crippen LogP contribution in [0.2, 0.25) is 0 Å². The molecule has 0 fully saturated rings. The molecule has 2 nitrogen and oxygen atoms in total. The van der Waals surface area contributed by atoms with E-state index in [0.717, 1.165) is 30.0 Å². The van der Waals surface area contributed by atoms with Gasteiger partial charge in [0.05, 0.1) is 12.3 Å². The van der Waals surface area contributed by atoms with Crippen LogP contribution in [0.25, 0.3) is 0 Å². The van der Waals surface area contributed by atoms with Gasteiger partial charge in [0, 0.05) is 0 Å². The molecule has 0 saturated heterocycles. The molecule has 0 radical (unpaired) electrons. The van der Waals surface area contributed by atoms with Crippen molar-refractivity contribution in [2.75, 3.05) is 12.3 Å². The van der Waals surface area contributed by atoms with Crippen LogP contribution in [0.4, 0.5) is 5.69 Å². The third kappa shape index (κ3) is 2.66. The quantitative estimate of drug-likeness (QED) is 0.746. The first kappa shape index (κ1) is 10.9. The van der Waals surface area contributed by atoms with Crippen molar-refractivity contribution in [1.29, 1.82) is 0 Å². The standard InChI is InChI=1S/C12H19NO/c1-4-9(2)8-14-11-7-5-6-10(3)12(11)13/h5-7,9H,4,8,13H2,1-3H3. The first-order valence-corrected chi connectivity index (χ1v) is 5.13. The molecule has 0 saturated carbocycles. The van der Waals surface area contributed by atoms with E-state index in [4.69, 9.17) is 10.5 Å². The second-order valence-electron chi connectivity index (χ2n) is 3.81. The van der Waals surface area contributed by atoms with Gasteiger partial charge in [0.2, 0.25) is 0 Å². The van der Waals surface area contributed by atoms with E-state index in [2.05, 4.69) is 13.8 Å². The van der Waals surface area contributed by atoms with Crippen molar-refractivity contribution in [1.82, 2.24) is 0 Å². The Bertz CT molecular complexity index is 296. The number of anilines is 1. The van der Waals surface area contributed by atoms with E-state index in [1.807, 2.05) is 25.1 Å². The summed E-state index contributed by atoms with van der Waals surface area (Å²) < 4.78 is 5.65. The third-order valence-electron chi connectivity index (χ3n) is 2.50. The molecule has 0 aliphatic rings. The number of para-hydroxylation sites is 1. The number of benzene rings is 1. The summed E-state index contributed by atoms with van der Waals surface area (Å²) in [5.41, 5.74) is 7.72. The average molecular weight is 193 g/mol. The summed E-state index contributed by atoms with van der Waals surface area (Å²) in [5.74, 6) is 1.39. The fourth-order valence-corrected chi connectivity index (χ4v) is 1.13. The number of nitrogen functional groups attached to an aromatic ring is 1. The van der Waals surface area contributed by atoms with Crippen molar-refractivity contribution in [3.8, 4) is 5.75 Å². The average Bonchev–Trinajstić information content (AvgIpc) is 2.20. The minimum absolute atomic E-state index is 0.579. The van der Waals surface area contributed by atoms with Crippen LogP contribution >= 0.6 is 0 Å². The largest absolute Gasteiger partial charge is 0.491 e. The highest BCUT2D eigenvalue weighted by atomic mass is 16.5. The molecule has 0 aliphatic heterocycles. The van der Waals surface area contributed by atoms with Crippen LogP contribution in [0.3, 0.4) is 0 Å². The summed E-state index contributed by atoms with van der Waals surface area (Å²) in [4.78, 5) is 0. The van der Waals surface area contributed by atoms with E-state index in [-0.39, 0.29) is 0 Å². The Morgan fingerprint density at radius 2 is 2.14 bits per heavy atom. The molecule has 1 aromatic rings. The maximum atomic E-state index is 5.89. The van der Waals surface area contributed by atoms with Gasteiger partial charge in [-0.15, -0.1) is 0 Å². The van der Waals surface area contributed by atoms with Crippen LogP contribution < -0.4 is 10.5 Å². The zero-order valence-corrected chi connectivity index (χ0v) is 9.21. The lowest BCUT2D eigenvalue weighted by Crippen LogP contribution is -2.08. The molecule has 0 spiro atoms. The van der Waals surface area contributed by atoms with E-state index in [9.17, 15) is 0 Å². The summed E-state index contributed by atoms with van der Waals surface area (Å²) in [6.45, 7) is 7.06. The van der Waals surface area contributed by atoms with Crippen LogP contribution in [0.1, 0.15) is 25.8 Å². The van der Waals surface area contributed by atoms with Crippen LogP contribution in [0, 0.1) is 12.8 Å². The molecule has 1 unspecified atom stereocenters. The SMILES string of the molecule is CCC(C)COc1cccc(C)c1N. The number of rotatable bonds is 4. The van der Waals surface area contributed by atoms with Gasteiger partial charge in [-0.1, -0.05) is 32.4 Å². The number of ether oxygens (including phenoxy) is 1. The topological polar surface area (TPSA) is 35.2 Å². The van der Waals surface area contributed by atoms with E-state index < -0.39 is 0 Å². The number of hydrogen-bond acceptors (Lipinski definition) is 2. The Balaban J connectivity index is 2.63. The molecule has 0 bridgehead atoms. The molecule has 14 heavy (non-hydrogen) atoms. The van der Waals surface area contributed by atoms with Crippen molar-refractivity contribution in [2.24, 2.45) is 5.92 Å². The highest BCUT2D eigenvalue weighted by Crippen LogP contribution is 2.24. The zero-order chi connectivity index (χ0) is 10.6. The lowest BCUT2D eigenvalue weighted by Gasteiger charge is -2.13. The molecule has 1 atom stereocenters. The van der Waals surface area contributed by atoms with Gasteiger partial charge >= 0.3 is 0 Å². The van der Waals surface area contributed by atoms with Gasteiger partial charge in [0.15, 0.2) is 0 Å². The summed E-state index contributed by atoms with van der Waals surface area (Å²) in [5, 5.41) is 0. The number of hydrogen-bond donors (Lipinski definition) is 1. The molecule has 1 aromatic carbocycles. The molecule has 1 rings (SSSR count). The van der Waals surface area contributed by atoms with E-state index in [0.29, 0.717) is 5.92 Å². The first-order chi connectivity index (χ1) is 6.65. The molecule has 0 heterocycles. The van der Waals surface area contributed by atoms with E-state index in [1.54, 1.807) is 0 Å². The third-order valence-corrected chi connectivity index (χ3v) is 2.50. The molecule has 0 aliphatic carbocycles. The fourth-order valence-electron chi connectivity index (χ4n) is 1.13. The minimum atomic E-state index is 0.579. The fraction of sp³-hybridized carbons (Fsp3) is 0.500. The highest BCUT2D eigenvalue weighted by molar-refractivity contribution is 5.57. The van der Waals surface area contributed by atoms with Gasteiger partial charge in [-0.25, -0.2) is 0 Å². The van der Waals surface area contributed by atoms with Crippen molar-refractivity contribution in [3.05, 3.63) is 23.8 Å². The van der Waals surface area contributed by atoms with Crippen LogP contribution in [0.5, 0.6) is 5.75 Å². The van der Waals surface area contributed by atoms with Crippen molar-refractivity contribution in [2.45, 2.75) is 27.2 Å². The Labute approximate surface area is 86.1 Å². The predicted molar refractivity (Wildman–Crippen MR) is 60.5 cm³/mol. The summed E-state index contributed by atoms with van der Waals surface area (Å²) in [6.07, 6.45) is 1.13. The van der Waals surface area contributed by atoms with Crippen LogP contribution in [-0.4, -0.2) is 6.61 Å². The summed E-state index contributed by atoms with van der Waals surface area (Å²) >= 11 is 0. The maximum absolute atomic E-state index is 5.89. The molecule has 0 amide bonds. The minimum Gasteiger partial charge on any atom is -0.491 e. The second kappa shape index (κ2) is 4.89. The summed E-state index contributed by atoms with van der Waals surface area (Å²) in [7, 11) is 0. The van der Waals surface area contributed by atoms with Gasteiger partial charge in [-0.05, 0) is 24.5 Å². The van der Waals surface area contributed by atoms with Crippen molar-refractivity contribution >= 4 is 5.69 Å². The Hall–Kier alpha value is -1.18.